The monoisotopic (exact) mass is 210 g/mol. The topological polar surface area (TPSA) is 26.3 Å². The molecule has 0 spiro atoms. The minimum atomic E-state index is -0.0493. The maximum absolute atomic E-state index is 11.4. The number of rotatable bonds is 4. The Balaban J connectivity index is 2.24. The third-order valence-corrected chi connectivity index (χ3v) is 2.95. The van der Waals surface area contributed by atoms with Crippen LogP contribution in [0, 0.1) is 17.8 Å². The van der Waals surface area contributed by atoms with Gasteiger partial charge in [0.1, 0.15) is 0 Å². The third kappa shape index (κ3) is 4.50. The Kier molecular flexibility index (Phi) is 4.86. The molecule has 0 N–H and O–H groups in total. The van der Waals surface area contributed by atoms with Crippen LogP contribution in [-0.4, -0.2) is 12.6 Å². The summed E-state index contributed by atoms with van der Waals surface area (Å²) in [5, 5.41) is 0. The van der Waals surface area contributed by atoms with Gasteiger partial charge in [0.25, 0.3) is 0 Å². The molecule has 0 saturated carbocycles. The molecule has 15 heavy (non-hydrogen) atoms. The molecule has 0 saturated heterocycles. The maximum atomic E-state index is 11.4. The van der Waals surface area contributed by atoms with Crippen molar-refractivity contribution in [3.8, 4) is 0 Å². The van der Waals surface area contributed by atoms with Crippen LogP contribution in [0.4, 0.5) is 0 Å². The highest BCUT2D eigenvalue weighted by Gasteiger charge is 2.19. The van der Waals surface area contributed by atoms with Crippen LogP contribution in [0.1, 0.15) is 40.0 Å². The van der Waals surface area contributed by atoms with Crippen LogP contribution in [0.25, 0.3) is 0 Å². The molecule has 0 aromatic rings. The molecular formula is C13H22O2. The molecule has 0 aromatic heterocycles. The van der Waals surface area contributed by atoms with Gasteiger partial charge in [-0.15, -0.1) is 0 Å². The second kappa shape index (κ2) is 5.94. The summed E-state index contributed by atoms with van der Waals surface area (Å²) in [6.45, 7) is 6.89. The largest absolute Gasteiger partial charge is 0.465 e. The zero-order valence-electron chi connectivity index (χ0n) is 10.0. The predicted octanol–water partition coefficient (Wildman–Crippen LogP) is 3.18. The van der Waals surface area contributed by atoms with E-state index >= 15 is 0 Å². The molecule has 0 fully saturated rings. The zero-order chi connectivity index (χ0) is 11.3. The summed E-state index contributed by atoms with van der Waals surface area (Å²) in [5.74, 6) is 1.50. The smallest absolute Gasteiger partial charge is 0.306 e. The van der Waals surface area contributed by atoms with E-state index in [-0.39, 0.29) is 5.97 Å². The van der Waals surface area contributed by atoms with Crippen LogP contribution >= 0.6 is 0 Å². The number of carbonyl (C=O) groups excluding carboxylic acids is 1. The fraction of sp³-hybridized carbons (Fsp3) is 0.769. The van der Waals surface area contributed by atoms with Crippen LogP contribution in [0.5, 0.6) is 0 Å². The first-order chi connectivity index (χ1) is 7.09. The number of ether oxygens (including phenoxy) is 1. The Morgan fingerprint density at radius 3 is 2.67 bits per heavy atom. The van der Waals surface area contributed by atoms with Gasteiger partial charge in [0, 0.05) is 6.42 Å². The fourth-order valence-corrected chi connectivity index (χ4v) is 1.83. The lowest BCUT2D eigenvalue weighted by atomic mass is 9.85. The molecule has 0 aromatic carbocycles. The van der Waals surface area contributed by atoms with E-state index in [4.69, 9.17) is 4.74 Å². The van der Waals surface area contributed by atoms with Crippen LogP contribution < -0.4 is 0 Å². The minimum Gasteiger partial charge on any atom is -0.465 e. The molecule has 1 aliphatic rings. The highest BCUT2D eigenvalue weighted by molar-refractivity contribution is 5.69. The van der Waals surface area contributed by atoms with Crippen molar-refractivity contribution >= 4 is 5.97 Å². The standard InChI is InChI=1S/C13H22O2/c1-10(2)8-13(14)15-9-12-7-5-4-6-11(12)3/h4-5,10-12H,6-9H2,1-3H3. The number of carbonyl (C=O) groups is 1. The van der Waals surface area contributed by atoms with Gasteiger partial charge >= 0.3 is 5.97 Å². The summed E-state index contributed by atoms with van der Waals surface area (Å²) in [4.78, 5) is 11.4. The molecule has 0 amide bonds. The van der Waals surface area contributed by atoms with Crippen LogP contribution in [0.15, 0.2) is 12.2 Å². The van der Waals surface area contributed by atoms with Gasteiger partial charge in [-0.1, -0.05) is 32.9 Å². The minimum absolute atomic E-state index is 0.0493. The van der Waals surface area contributed by atoms with Gasteiger partial charge in [0.15, 0.2) is 0 Å². The van der Waals surface area contributed by atoms with E-state index in [1.807, 2.05) is 13.8 Å². The second-order valence-corrected chi connectivity index (χ2v) is 4.96. The number of hydrogen-bond donors (Lipinski definition) is 0. The van der Waals surface area contributed by atoms with Crippen LogP contribution in [0.2, 0.25) is 0 Å². The van der Waals surface area contributed by atoms with Crippen molar-refractivity contribution in [1.29, 1.82) is 0 Å². The molecule has 86 valence electrons. The van der Waals surface area contributed by atoms with E-state index < -0.39 is 0 Å². The Morgan fingerprint density at radius 2 is 2.07 bits per heavy atom. The summed E-state index contributed by atoms with van der Waals surface area (Å²) in [6, 6.07) is 0. The van der Waals surface area contributed by atoms with E-state index in [2.05, 4.69) is 19.1 Å². The van der Waals surface area contributed by atoms with Gasteiger partial charge in [-0.3, -0.25) is 4.79 Å². The first-order valence-electron chi connectivity index (χ1n) is 5.90. The molecular weight excluding hydrogens is 188 g/mol. The summed E-state index contributed by atoms with van der Waals surface area (Å²) < 4.78 is 5.29. The van der Waals surface area contributed by atoms with Crippen LogP contribution in [0.3, 0.4) is 0 Å². The van der Waals surface area contributed by atoms with Gasteiger partial charge in [-0.2, -0.15) is 0 Å². The van der Waals surface area contributed by atoms with E-state index in [0.29, 0.717) is 30.8 Å². The van der Waals surface area contributed by atoms with Gasteiger partial charge in [-0.25, -0.2) is 0 Å². The third-order valence-electron chi connectivity index (χ3n) is 2.95. The number of hydrogen-bond acceptors (Lipinski definition) is 2. The molecule has 0 aliphatic heterocycles. The van der Waals surface area contributed by atoms with Crippen molar-refractivity contribution in [1.82, 2.24) is 0 Å². The average Bonchev–Trinajstić information content (AvgIpc) is 2.15. The Labute approximate surface area is 92.7 Å². The van der Waals surface area contributed by atoms with Crippen molar-refractivity contribution in [2.45, 2.75) is 40.0 Å². The number of allylic oxidation sites excluding steroid dienone is 2. The summed E-state index contributed by atoms with van der Waals surface area (Å²) in [5.41, 5.74) is 0. The van der Waals surface area contributed by atoms with E-state index in [9.17, 15) is 4.79 Å². The summed E-state index contributed by atoms with van der Waals surface area (Å²) >= 11 is 0. The lowest BCUT2D eigenvalue weighted by Crippen LogP contribution is -2.22. The Morgan fingerprint density at radius 1 is 1.40 bits per heavy atom. The van der Waals surface area contributed by atoms with Crippen molar-refractivity contribution in [3.63, 3.8) is 0 Å². The summed E-state index contributed by atoms with van der Waals surface area (Å²) in [7, 11) is 0. The molecule has 2 atom stereocenters. The number of esters is 1. The van der Waals surface area contributed by atoms with E-state index in [0.717, 1.165) is 12.8 Å². The van der Waals surface area contributed by atoms with Gasteiger partial charge < -0.3 is 4.74 Å². The highest BCUT2D eigenvalue weighted by Crippen LogP contribution is 2.25. The quantitative estimate of drug-likeness (QED) is 0.526. The molecule has 0 bridgehead atoms. The van der Waals surface area contributed by atoms with Crippen molar-refractivity contribution in [2.24, 2.45) is 17.8 Å². The van der Waals surface area contributed by atoms with Gasteiger partial charge in [-0.05, 0) is 30.6 Å². The first kappa shape index (κ1) is 12.3. The van der Waals surface area contributed by atoms with Crippen molar-refractivity contribution in [2.75, 3.05) is 6.61 Å². The van der Waals surface area contributed by atoms with Gasteiger partial charge in [0.05, 0.1) is 6.61 Å². The zero-order valence-corrected chi connectivity index (χ0v) is 10.0. The molecule has 2 nitrogen and oxygen atoms in total. The lowest BCUT2D eigenvalue weighted by molar-refractivity contribution is -0.146. The molecule has 0 radical (unpaired) electrons. The molecule has 1 aliphatic carbocycles. The molecule has 2 unspecified atom stereocenters. The normalized spacial score (nSPS) is 25.6. The second-order valence-electron chi connectivity index (χ2n) is 4.96. The summed E-state index contributed by atoms with van der Waals surface area (Å²) in [6.07, 6.45) is 7.12. The average molecular weight is 210 g/mol. The maximum Gasteiger partial charge on any atom is 0.306 e. The van der Waals surface area contributed by atoms with Gasteiger partial charge in [0.2, 0.25) is 0 Å². The highest BCUT2D eigenvalue weighted by atomic mass is 16.5. The van der Waals surface area contributed by atoms with Crippen molar-refractivity contribution in [3.05, 3.63) is 12.2 Å². The Bertz CT molecular complexity index is 231. The van der Waals surface area contributed by atoms with E-state index in [1.54, 1.807) is 0 Å². The molecule has 2 heteroatoms. The first-order valence-corrected chi connectivity index (χ1v) is 5.90. The van der Waals surface area contributed by atoms with E-state index in [1.165, 1.54) is 0 Å². The molecule has 0 heterocycles. The predicted molar refractivity (Wildman–Crippen MR) is 61.4 cm³/mol. The molecule has 1 rings (SSSR count). The fourth-order valence-electron chi connectivity index (χ4n) is 1.83. The Hall–Kier alpha value is -0.790. The SMILES string of the molecule is CC(C)CC(=O)OCC1CC=CCC1C. The van der Waals surface area contributed by atoms with Crippen LogP contribution in [-0.2, 0) is 9.53 Å². The lowest BCUT2D eigenvalue weighted by Gasteiger charge is -2.24. The van der Waals surface area contributed by atoms with Crippen molar-refractivity contribution < 1.29 is 9.53 Å².